The van der Waals surface area contributed by atoms with Gasteiger partial charge in [-0.15, -0.1) is 11.6 Å². The number of methoxy groups -OCH3 is 1. The van der Waals surface area contributed by atoms with Gasteiger partial charge in [0.1, 0.15) is 5.38 Å². The van der Waals surface area contributed by atoms with E-state index in [-0.39, 0.29) is 6.10 Å². The second-order valence-electron chi connectivity index (χ2n) is 2.47. The average Bonchev–Trinajstić information content (AvgIpc) is 2.11. The standard InChI is InChI=1S/C9H14ClNO/c1-3-4-9(12-2)6-5-8(10)7-11/h3-4,8-9H,5-6H2,1-2H3/b4-3+. The molecule has 0 aliphatic heterocycles. The number of nitrogens with zero attached hydrogens (tertiary/aromatic N) is 1. The summed E-state index contributed by atoms with van der Waals surface area (Å²) in [6, 6.07) is 1.97. The van der Waals surface area contributed by atoms with Crippen LogP contribution in [0.1, 0.15) is 19.8 Å². The molecule has 68 valence electrons. The topological polar surface area (TPSA) is 33.0 Å². The molecule has 0 aromatic heterocycles. The van der Waals surface area contributed by atoms with E-state index >= 15 is 0 Å². The first kappa shape index (κ1) is 11.5. The van der Waals surface area contributed by atoms with E-state index in [1.807, 2.05) is 25.1 Å². The van der Waals surface area contributed by atoms with Gasteiger partial charge in [0, 0.05) is 7.11 Å². The van der Waals surface area contributed by atoms with Gasteiger partial charge < -0.3 is 4.74 Å². The molecular formula is C9H14ClNO. The largest absolute Gasteiger partial charge is 0.377 e. The third-order valence-electron chi connectivity index (χ3n) is 1.55. The Hall–Kier alpha value is -0.520. The summed E-state index contributed by atoms with van der Waals surface area (Å²) in [7, 11) is 1.65. The summed E-state index contributed by atoms with van der Waals surface area (Å²) in [6.07, 6.45) is 5.44. The molecule has 0 N–H and O–H groups in total. The van der Waals surface area contributed by atoms with E-state index in [0.717, 1.165) is 6.42 Å². The highest BCUT2D eigenvalue weighted by Gasteiger charge is 2.07. The fourth-order valence-corrected chi connectivity index (χ4v) is 1.01. The van der Waals surface area contributed by atoms with Crippen LogP contribution in [-0.2, 0) is 4.74 Å². The van der Waals surface area contributed by atoms with Crippen LogP contribution >= 0.6 is 11.6 Å². The van der Waals surface area contributed by atoms with Gasteiger partial charge in [0.2, 0.25) is 0 Å². The molecule has 0 bridgehead atoms. The van der Waals surface area contributed by atoms with Gasteiger partial charge in [-0.25, -0.2) is 0 Å². The van der Waals surface area contributed by atoms with E-state index in [0.29, 0.717) is 6.42 Å². The lowest BCUT2D eigenvalue weighted by Gasteiger charge is -2.09. The molecule has 3 heteroatoms. The summed E-state index contributed by atoms with van der Waals surface area (Å²) >= 11 is 5.63. The van der Waals surface area contributed by atoms with Crippen molar-refractivity contribution in [3.05, 3.63) is 12.2 Å². The molecular weight excluding hydrogens is 174 g/mol. The van der Waals surface area contributed by atoms with E-state index in [2.05, 4.69) is 0 Å². The van der Waals surface area contributed by atoms with Gasteiger partial charge in [0.05, 0.1) is 12.2 Å². The van der Waals surface area contributed by atoms with E-state index < -0.39 is 5.38 Å². The van der Waals surface area contributed by atoms with Crippen molar-refractivity contribution in [2.75, 3.05) is 7.11 Å². The Morgan fingerprint density at radius 3 is 2.67 bits per heavy atom. The van der Waals surface area contributed by atoms with Crippen LogP contribution in [0.25, 0.3) is 0 Å². The molecule has 0 aromatic carbocycles. The molecule has 2 nitrogen and oxygen atoms in total. The first-order valence-electron chi connectivity index (χ1n) is 3.93. The molecule has 0 aliphatic rings. The average molecular weight is 188 g/mol. The second-order valence-corrected chi connectivity index (χ2v) is 3.00. The lowest BCUT2D eigenvalue weighted by molar-refractivity contribution is 0.132. The van der Waals surface area contributed by atoms with Gasteiger partial charge >= 0.3 is 0 Å². The quantitative estimate of drug-likeness (QED) is 0.490. The van der Waals surface area contributed by atoms with Crippen molar-refractivity contribution in [1.82, 2.24) is 0 Å². The van der Waals surface area contributed by atoms with Crippen molar-refractivity contribution in [2.45, 2.75) is 31.2 Å². The minimum Gasteiger partial charge on any atom is -0.377 e. The molecule has 0 saturated carbocycles. The van der Waals surface area contributed by atoms with Crippen molar-refractivity contribution in [1.29, 1.82) is 5.26 Å². The van der Waals surface area contributed by atoms with Gasteiger partial charge in [-0.1, -0.05) is 12.2 Å². The molecule has 0 aromatic rings. The van der Waals surface area contributed by atoms with Crippen LogP contribution in [0.4, 0.5) is 0 Å². The van der Waals surface area contributed by atoms with Crippen LogP contribution in [-0.4, -0.2) is 18.6 Å². The van der Waals surface area contributed by atoms with Gasteiger partial charge in [-0.3, -0.25) is 0 Å². The van der Waals surface area contributed by atoms with Gasteiger partial charge in [0.15, 0.2) is 0 Å². The summed E-state index contributed by atoms with van der Waals surface area (Å²) in [5.74, 6) is 0. The zero-order chi connectivity index (χ0) is 9.40. The molecule has 2 atom stereocenters. The first-order chi connectivity index (χ1) is 5.74. The van der Waals surface area contributed by atoms with Gasteiger partial charge in [-0.2, -0.15) is 5.26 Å². The summed E-state index contributed by atoms with van der Waals surface area (Å²) in [5.41, 5.74) is 0. The van der Waals surface area contributed by atoms with Crippen LogP contribution in [0.15, 0.2) is 12.2 Å². The van der Waals surface area contributed by atoms with E-state index in [1.165, 1.54) is 0 Å². The maximum absolute atomic E-state index is 8.41. The number of nitriles is 1. The van der Waals surface area contributed by atoms with Crippen molar-refractivity contribution in [3.63, 3.8) is 0 Å². The molecule has 2 unspecified atom stereocenters. The van der Waals surface area contributed by atoms with Crippen LogP contribution in [0.3, 0.4) is 0 Å². The zero-order valence-corrected chi connectivity index (χ0v) is 8.21. The summed E-state index contributed by atoms with van der Waals surface area (Å²) in [5, 5.41) is 8.01. The SMILES string of the molecule is C/C=C/C(CCC(Cl)C#N)OC. The smallest absolute Gasteiger partial charge is 0.120 e. The predicted molar refractivity (Wildman–Crippen MR) is 50.1 cm³/mol. The Balaban J connectivity index is 3.66. The zero-order valence-electron chi connectivity index (χ0n) is 7.46. The lowest BCUT2D eigenvalue weighted by Crippen LogP contribution is -2.09. The Morgan fingerprint density at radius 1 is 1.58 bits per heavy atom. The molecule has 0 amide bonds. The molecule has 12 heavy (non-hydrogen) atoms. The fourth-order valence-electron chi connectivity index (χ4n) is 0.882. The van der Waals surface area contributed by atoms with E-state index in [4.69, 9.17) is 21.6 Å². The lowest BCUT2D eigenvalue weighted by atomic mass is 10.1. The van der Waals surface area contributed by atoms with Crippen LogP contribution < -0.4 is 0 Å². The summed E-state index contributed by atoms with van der Waals surface area (Å²) in [6.45, 7) is 1.94. The van der Waals surface area contributed by atoms with Crippen LogP contribution in [0, 0.1) is 11.3 Å². The monoisotopic (exact) mass is 187 g/mol. The third-order valence-corrected chi connectivity index (χ3v) is 1.87. The summed E-state index contributed by atoms with van der Waals surface area (Å²) in [4.78, 5) is 0. The number of alkyl halides is 1. The first-order valence-corrected chi connectivity index (χ1v) is 4.37. The molecule has 0 spiro atoms. The number of rotatable bonds is 5. The number of hydrogen-bond acceptors (Lipinski definition) is 2. The Morgan fingerprint density at radius 2 is 2.25 bits per heavy atom. The maximum Gasteiger partial charge on any atom is 0.120 e. The number of halogens is 1. The number of hydrogen-bond donors (Lipinski definition) is 0. The molecule has 0 rings (SSSR count). The molecule has 0 aliphatic carbocycles. The highest BCUT2D eigenvalue weighted by atomic mass is 35.5. The fraction of sp³-hybridized carbons (Fsp3) is 0.667. The number of ether oxygens (including phenoxy) is 1. The van der Waals surface area contributed by atoms with Crippen molar-refractivity contribution in [3.8, 4) is 6.07 Å². The summed E-state index contributed by atoms with van der Waals surface area (Å²) < 4.78 is 5.13. The van der Waals surface area contributed by atoms with E-state index in [1.54, 1.807) is 7.11 Å². The maximum atomic E-state index is 8.41. The predicted octanol–water partition coefficient (Wildman–Crippen LogP) is 2.49. The minimum atomic E-state index is -0.395. The van der Waals surface area contributed by atoms with Crippen molar-refractivity contribution < 1.29 is 4.74 Å². The normalized spacial score (nSPS) is 15.8. The van der Waals surface area contributed by atoms with Crippen molar-refractivity contribution in [2.24, 2.45) is 0 Å². The van der Waals surface area contributed by atoms with Crippen LogP contribution in [0.5, 0.6) is 0 Å². The molecule has 0 radical (unpaired) electrons. The van der Waals surface area contributed by atoms with Crippen LogP contribution in [0.2, 0.25) is 0 Å². The third kappa shape index (κ3) is 5.17. The van der Waals surface area contributed by atoms with Gasteiger partial charge in [-0.05, 0) is 19.8 Å². The Kier molecular flexibility index (Phi) is 6.84. The molecule has 0 heterocycles. The van der Waals surface area contributed by atoms with Gasteiger partial charge in [0.25, 0.3) is 0 Å². The minimum absolute atomic E-state index is 0.0876. The Bertz CT molecular complexity index is 174. The van der Waals surface area contributed by atoms with E-state index in [9.17, 15) is 0 Å². The number of allylic oxidation sites excluding steroid dienone is 1. The Labute approximate surface area is 78.8 Å². The second kappa shape index (κ2) is 7.15. The van der Waals surface area contributed by atoms with Crippen molar-refractivity contribution >= 4 is 11.6 Å². The highest BCUT2D eigenvalue weighted by Crippen LogP contribution is 2.09. The molecule has 0 saturated heterocycles. The molecule has 0 fully saturated rings. The highest BCUT2D eigenvalue weighted by molar-refractivity contribution is 6.22.